The molecule has 1 fully saturated rings. The molecule has 2 unspecified atom stereocenters. The lowest BCUT2D eigenvalue weighted by Crippen LogP contribution is -2.46. The lowest BCUT2D eigenvalue weighted by Gasteiger charge is -2.37. The van der Waals surface area contributed by atoms with E-state index >= 15 is 0 Å². The number of carboxylic acids is 1. The molecule has 1 aromatic carbocycles. The molecule has 1 aliphatic heterocycles. The molecule has 1 aliphatic rings. The number of benzene rings is 1. The van der Waals surface area contributed by atoms with E-state index in [0.717, 1.165) is 31.9 Å². The topological polar surface area (TPSA) is 112 Å². The van der Waals surface area contributed by atoms with Gasteiger partial charge in [0.25, 0.3) is 0 Å². The van der Waals surface area contributed by atoms with E-state index in [1.54, 1.807) is 26.2 Å². The Morgan fingerprint density at radius 2 is 1.61 bits per heavy atom. The van der Waals surface area contributed by atoms with Gasteiger partial charge in [0, 0.05) is 56.4 Å². The standard InChI is InChI=1S/C23H32N4O5S/c1-3-18(2)33(30,31)25-22(23(28)29)10-17-32-21-6-4-19(5-7-21)26-13-15-27(16-14-26)20-8-11-24-12-9-20/h4-9,11-12,18,22,25H,3,10,13-17H2,1-2H3,(H,28,29). The van der Waals surface area contributed by atoms with Gasteiger partial charge < -0.3 is 19.6 Å². The molecular weight excluding hydrogens is 444 g/mol. The van der Waals surface area contributed by atoms with Crippen molar-refractivity contribution >= 4 is 27.4 Å². The summed E-state index contributed by atoms with van der Waals surface area (Å²) in [5, 5.41) is 8.71. The number of pyridine rings is 1. The van der Waals surface area contributed by atoms with Gasteiger partial charge >= 0.3 is 5.97 Å². The smallest absolute Gasteiger partial charge is 0.321 e. The quantitative estimate of drug-likeness (QED) is 0.508. The van der Waals surface area contributed by atoms with Crippen molar-refractivity contribution in [3.63, 3.8) is 0 Å². The lowest BCUT2D eigenvalue weighted by molar-refractivity contribution is -0.139. The van der Waals surface area contributed by atoms with Crippen molar-refractivity contribution in [1.29, 1.82) is 0 Å². The normalized spacial score (nSPS) is 16.3. The zero-order valence-corrected chi connectivity index (χ0v) is 19.9. The summed E-state index contributed by atoms with van der Waals surface area (Å²) in [5.41, 5.74) is 2.28. The number of nitrogens with zero attached hydrogens (tertiary/aromatic N) is 3. The molecule has 3 rings (SSSR count). The number of aromatic nitrogens is 1. The Kier molecular flexibility index (Phi) is 8.51. The molecule has 0 amide bonds. The van der Waals surface area contributed by atoms with Crippen LogP contribution in [0.2, 0.25) is 0 Å². The second-order valence-corrected chi connectivity index (χ2v) is 10.2. The van der Waals surface area contributed by atoms with Gasteiger partial charge in [0.05, 0.1) is 11.9 Å². The van der Waals surface area contributed by atoms with Gasteiger partial charge in [0.1, 0.15) is 11.8 Å². The van der Waals surface area contributed by atoms with Crippen molar-refractivity contribution in [2.75, 3.05) is 42.6 Å². The number of anilines is 2. The summed E-state index contributed by atoms with van der Waals surface area (Å²) in [4.78, 5) is 20.2. The highest BCUT2D eigenvalue weighted by atomic mass is 32.2. The van der Waals surface area contributed by atoms with Crippen molar-refractivity contribution in [3.8, 4) is 5.75 Å². The minimum absolute atomic E-state index is 0.0315. The minimum Gasteiger partial charge on any atom is -0.494 e. The number of aliphatic carboxylic acids is 1. The molecule has 0 bridgehead atoms. The van der Waals surface area contributed by atoms with E-state index in [-0.39, 0.29) is 13.0 Å². The zero-order valence-electron chi connectivity index (χ0n) is 19.1. The van der Waals surface area contributed by atoms with Gasteiger partial charge in [0.2, 0.25) is 10.0 Å². The highest BCUT2D eigenvalue weighted by molar-refractivity contribution is 7.90. The van der Waals surface area contributed by atoms with Gasteiger partial charge in [-0.15, -0.1) is 0 Å². The number of carbonyl (C=O) groups is 1. The number of carboxylic acid groups (broad SMARTS) is 1. The SMILES string of the molecule is CCC(C)S(=O)(=O)NC(CCOc1ccc(N2CCN(c3ccncc3)CC2)cc1)C(=O)O. The minimum atomic E-state index is -3.69. The first-order valence-corrected chi connectivity index (χ1v) is 12.7. The number of rotatable bonds is 11. The monoisotopic (exact) mass is 476 g/mol. The molecule has 9 nitrogen and oxygen atoms in total. The fourth-order valence-corrected chi connectivity index (χ4v) is 4.88. The molecule has 180 valence electrons. The van der Waals surface area contributed by atoms with Crippen LogP contribution in [0.1, 0.15) is 26.7 Å². The molecule has 0 aliphatic carbocycles. The number of hydrogen-bond acceptors (Lipinski definition) is 7. The van der Waals surface area contributed by atoms with E-state index in [4.69, 9.17) is 4.74 Å². The van der Waals surface area contributed by atoms with Crippen LogP contribution in [0.25, 0.3) is 0 Å². The van der Waals surface area contributed by atoms with Crippen molar-refractivity contribution in [2.45, 2.75) is 38.0 Å². The molecule has 1 aromatic heterocycles. The Hall–Kier alpha value is -2.85. The number of hydrogen-bond donors (Lipinski definition) is 2. The molecule has 0 saturated carbocycles. The van der Waals surface area contributed by atoms with Crippen molar-refractivity contribution in [3.05, 3.63) is 48.8 Å². The maximum Gasteiger partial charge on any atom is 0.321 e. The summed E-state index contributed by atoms with van der Waals surface area (Å²) in [6, 6.07) is 10.5. The van der Waals surface area contributed by atoms with Crippen molar-refractivity contribution in [2.24, 2.45) is 0 Å². The second kappa shape index (κ2) is 11.3. The van der Waals surface area contributed by atoms with Crippen molar-refractivity contribution < 1.29 is 23.1 Å². The Labute approximate surface area is 195 Å². The number of piperazine rings is 1. The van der Waals surface area contributed by atoms with Crippen LogP contribution in [-0.4, -0.2) is 68.6 Å². The largest absolute Gasteiger partial charge is 0.494 e. The third-order valence-corrected chi connectivity index (χ3v) is 7.90. The maximum atomic E-state index is 12.2. The van der Waals surface area contributed by atoms with Crippen LogP contribution < -0.4 is 19.3 Å². The number of sulfonamides is 1. The average Bonchev–Trinajstić information content (AvgIpc) is 2.83. The van der Waals surface area contributed by atoms with Gasteiger partial charge in [-0.1, -0.05) is 6.92 Å². The van der Waals surface area contributed by atoms with Crippen LogP contribution in [0.4, 0.5) is 11.4 Å². The number of ether oxygens (including phenoxy) is 1. The van der Waals surface area contributed by atoms with Gasteiger partial charge in [-0.3, -0.25) is 9.78 Å². The van der Waals surface area contributed by atoms with E-state index in [1.165, 1.54) is 5.69 Å². The highest BCUT2D eigenvalue weighted by Crippen LogP contribution is 2.23. The Morgan fingerprint density at radius 1 is 1.06 bits per heavy atom. The molecule has 0 radical (unpaired) electrons. The van der Waals surface area contributed by atoms with Crippen LogP contribution in [0, 0.1) is 0 Å². The fourth-order valence-electron chi connectivity index (χ4n) is 3.59. The first-order chi connectivity index (χ1) is 15.8. The summed E-state index contributed by atoms with van der Waals surface area (Å²) in [7, 11) is -3.69. The second-order valence-electron chi connectivity index (χ2n) is 8.08. The lowest BCUT2D eigenvalue weighted by atomic mass is 10.2. The zero-order chi connectivity index (χ0) is 23.8. The summed E-state index contributed by atoms with van der Waals surface area (Å²) in [6.45, 7) is 7.03. The summed E-state index contributed by atoms with van der Waals surface area (Å²) in [6.07, 6.45) is 4.05. The highest BCUT2D eigenvalue weighted by Gasteiger charge is 2.27. The molecule has 2 atom stereocenters. The first-order valence-electron chi connectivity index (χ1n) is 11.2. The van der Waals surface area contributed by atoms with Gasteiger partial charge in [-0.05, 0) is 49.7 Å². The summed E-state index contributed by atoms with van der Waals surface area (Å²) >= 11 is 0. The van der Waals surface area contributed by atoms with Crippen LogP contribution in [0.5, 0.6) is 5.75 Å². The van der Waals surface area contributed by atoms with Crippen LogP contribution in [-0.2, 0) is 14.8 Å². The van der Waals surface area contributed by atoms with Gasteiger partial charge in [0.15, 0.2) is 0 Å². The van der Waals surface area contributed by atoms with Gasteiger partial charge in [-0.25, -0.2) is 13.1 Å². The van der Waals surface area contributed by atoms with E-state index < -0.39 is 27.3 Å². The molecule has 2 aromatic rings. The fraction of sp³-hybridized carbons (Fsp3) is 0.478. The summed E-state index contributed by atoms with van der Waals surface area (Å²) < 4.78 is 32.3. The Bertz CT molecular complexity index is 993. The third-order valence-electron chi connectivity index (χ3n) is 5.89. The molecule has 0 spiro atoms. The van der Waals surface area contributed by atoms with Crippen LogP contribution in [0.15, 0.2) is 48.8 Å². The van der Waals surface area contributed by atoms with E-state index in [9.17, 15) is 18.3 Å². The van der Waals surface area contributed by atoms with E-state index in [2.05, 4.69) is 19.5 Å². The van der Waals surface area contributed by atoms with Gasteiger partial charge in [-0.2, -0.15) is 0 Å². The summed E-state index contributed by atoms with van der Waals surface area (Å²) in [5.74, 6) is -0.602. The third kappa shape index (κ3) is 6.82. The Morgan fingerprint density at radius 3 is 2.12 bits per heavy atom. The van der Waals surface area contributed by atoms with E-state index in [1.807, 2.05) is 36.4 Å². The molecular formula is C23H32N4O5S. The molecule has 1 saturated heterocycles. The molecule has 10 heteroatoms. The predicted molar refractivity (Wildman–Crippen MR) is 128 cm³/mol. The molecule has 2 N–H and O–H groups in total. The molecule has 2 heterocycles. The number of nitrogens with one attached hydrogen (secondary N) is 1. The van der Waals surface area contributed by atoms with Crippen LogP contribution in [0.3, 0.4) is 0 Å². The molecule has 33 heavy (non-hydrogen) atoms. The Balaban J connectivity index is 1.48. The predicted octanol–water partition coefficient (Wildman–Crippen LogP) is 2.35. The average molecular weight is 477 g/mol. The van der Waals surface area contributed by atoms with Crippen LogP contribution >= 0.6 is 0 Å². The first kappa shape index (κ1) is 24.8. The van der Waals surface area contributed by atoms with Crippen molar-refractivity contribution in [1.82, 2.24) is 9.71 Å². The van der Waals surface area contributed by atoms with E-state index in [0.29, 0.717) is 12.2 Å². The maximum absolute atomic E-state index is 12.2.